The predicted molar refractivity (Wildman–Crippen MR) is 80.1 cm³/mol. The molecule has 118 valence electrons. The first-order chi connectivity index (χ1) is 10.0. The standard InChI is InChI=1S/C16H24FNO3/c1-3-11-18-16(4-2,15(19)20)10-5-12-21-14-8-6-13(17)7-9-14/h6-9,18H,3-5,10-12H2,1-2H3,(H,19,20). The summed E-state index contributed by atoms with van der Waals surface area (Å²) in [5.74, 6) is -0.530. The van der Waals surface area contributed by atoms with Gasteiger partial charge in [0.15, 0.2) is 0 Å². The highest BCUT2D eigenvalue weighted by molar-refractivity contribution is 5.78. The molecule has 21 heavy (non-hydrogen) atoms. The van der Waals surface area contributed by atoms with Crippen molar-refractivity contribution in [1.29, 1.82) is 0 Å². The van der Waals surface area contributed by atoms with Crippen LogP contribution in [0.2, 0.25) is 0 Å². The number of carboxylic acids is 1. The molecule has 0 aliphatic heterocycles. The van der Waals surface area contributed by atoms with E-state index in [9.17, 15) is 14.3 Å². The SMILES string of the molecule is CCCNC(CC)(CCCOc1ccc(F)cc1)C(=O)O. The molecule has 1 aromatic rings. The van der Waals surface area contributed by atoms with Crippen LogP contribution in [0.3, 0.4) is 0 Å². The van der Waals surface area contributed by atoms with E-state index in [1.165, 1.54) is 12.1 Å². The van der Waals surface area contributed by atoms with E-state index in [-0.39, 0.29) is 5.82 Å². The summed E-state index contributed by atoms with van der Waals surface area (Å²) < 4.78 is 18.3. The molecule has 0 amide bonds. The molecule has 1 rings (SSSR count). The largest absolute Gasteiger partial charge is 0.494 e. The Balaban J connectivity index is 2.46. The molecule has 5 heteroatoms. The van der Waals surface area contributed by atoms with Crippen LogP contribution in [0.1, 0.15) is 39.5 Å². The van der Waals surface area contributed by atoms with Crippen molar-refractivity contribution in [2.45, 2.75) is 45.1 Å². The summed E-state index contributed by atoms with van der Waals surface area (Å²) in [5, 5.41) is 12.6. The van der Waals surface area contributed by atoms with Crippen molar-refractivity contribution in [3.8, 4) is 5.75 Å². The average Bonchev–Trinajstić information content (AvgIpc) is 2.48. The van der Waals surface area contributed by atoms with E-state index in [0.29, 0.717) is 38.2 Å². The molecule has 0 spiro atoms. The number of nitrogens with one attached hydrogen (secondary N) is 1. The Kier molecular flexibility index (Phi) is 7.15. The molecule has 0 bridgehead atoms. The first-order valence-corrected chi connectivity index (χ1v) is 7.41. The highest BCUT2D eigenvalue weighted by Gasteiger charge is 2.35. The third kappa shape index (κ3) is 5.34. The zero-order valence-corrected chi connectivity index (χ0v) is 12.7. The number of halogens is 1. The van der Waals surface area contributed by atoms with Crippen LogP contribution in [-0.2, 0) is 4.79 Å². The third-order valence-corrected chi connectivity index (χ3v) is 3.56. The van der Waals surface area contributed by atoms with Crippen molar-refractivity contribution in [3.63, 3.8) is 0 Å². The highest BCUT2D eigenvalue weighted by atomic mass is 19.1. The van der Waals surface area contributed by atoms with E-state index in [1.54, 1.807) is 12.1 Å². The van der Waals surface area contributed by atoms with Gasteiger partial charge in [0.1, 0.15) is 17.1 Å². The molecule has 1 unspecified atom stereocenters. The number of carboxylic acid groups (broad SMARTS) is 1. The van der Waals surface area contributed by atoms with Crippen LogP contribution in [0.25, 0.3) is 0 Å². The second-order valence-electron chi connectivity index (χ2n) is 5.07. The third-order valence-electron chi connectivity index (χ3n) is 3.56. The maximum Gasteiger partial charge on any atom is 0.323 e. The van der Waals surface area contributed by atoms with Crippen molar-refractivity contribution < 1.29 is 19.0 Å². The van der Waals surface area contributed by atoms with Gasteiger partial charge in [0.25, 0.3) is 0 Å². The van der Waals surface area contributed by atoms with Gasteiger partial charge in [-0.05, 0) is 56.5 Å². The lowest BCUT2D eigenvalue weighted by Crippen LogP contribution is -2.52. The normalized spacial score (nSPS) is 13.7. The highest BCUT2D eigenvalue weighted by Crippen LogP contribution is 2.19. The molecular weight excluding hydrogens is 273 g/mol. The number of ether oxygens (including phenoxy) is 1. The molecule has 1 atom stereocenters. The van der Waals surface area contributed by atoms with Gasteiger partial charge in [0, 0.05) is 0 Å². The Labute approximate surface area is 125 Å². The summed E-state index contributed by atoms with van der Waals surface area (Å²) in [7, 11) is 0. The lowest BCUT2D eigenvalue weighted by atomic mass is 9.90. The Hall–Kier alpha value is -1.62. The monoisotopic (exact) mass is 297 g/mol. The van der Waals surface area contributed by atoms with Crippen molar-refractivity contribution >= 4 is 5.97 Å². The van der Waals surface area contributed by atoms with E-state index in [0.717, 1.165) is 6.42 Å². The Morgan fingerprint density at radius 1 is 1.33 bits per heavy atom. The molecule has 0 radical (unpaired) electrons. The molecule has 0 aliphatic carbocycles. The second-order valence-corrected chi connectivity index (χ2v) is 5.07. The van der Waals surface area contributed by atoms with Crippen molar-refractivity contribution in [1.82, 2.24) is 5.32 Å². The minimum atomic E-state index is -0.887. The molecular formula is C16H24FNO3. The summed E-state index contributed by atoms with van der Waals surface area (Å²) in [5.41, 5.74) is -0.887. The minimum absolute atomic E-state index is 0.304. The van der Waals surface area contributed by atoms with Gasteiger partial charge in [-0.25, -0.2) is 4.39 Å². The van der Waals surface area contributed by atoms with Gasteiger partial charge in [-0.2, -0.15) is 0 Å². The maximum absolute atomic E-state index is 12.8. The van der Waals surface area contributed by atoms with Gasteiger partial charge in [0.2, 0.25) is 0 Å². The molecule has 0 aromatic heterocycles. The van der Waals surface area contributed by atoms with E-state index < -0.39 is 11.5 Å². The molecule has 0 heterocycles. The Morgan fingerprint density at radius 3 is 2.52 bits per heavy atom. The van der Waals surface area contributed by atoms with E-state index in [1.807, 2.05) is 13.8 Å². The van der Waals surface area contributed by atoms with Gasteiger partial charge in [-0.15, -0.1) is 0 Å². The number of rotatable bonds is 10. The number of carbonyl (C=O) groups is 1. The van der Waals surface area contributed by atoms with E-state index >= 15 is 0 Å². The molecule has 4 nitrogen and oxygen atoms in total. The van der Waals surface area contributed by atoms with Gasteiger partial charge < -0.3 is 15.2 Å². The average molecular weight is 297 g/mol. The maximum atomic E-state index is 12.8. The predicted octanol–water partition coefficient (Wildman–Crippen LogP) is 3.22. The Morgan fingerprint density at radius 2 is 2.00 bits per heavy atom. The topological polar surface area (TPSA) is 58.6 Å². The minimum Gasteiger partial charge on any atom is -0.494 e. The molecule has 2 N–H and O–H groups in total. The number of hydrogen-bond donors (Lipinski definition) is 2. The molecule has 0 saturated carbocycles. The fourth-order valence-corrected chi connectivity index (χ4v) is 2.18. The van der Waals surface area contributed by atoms with Crippen LogP contribution < -0.4 is 10.1 Å². The van der Waals surface area contributed by atoms with E-state index in [4.69, 9.17) is 4.74 Å². The van der Waals surface area contributed by atoms with Crippen LogP contribution in [0.15, 0.2) is 24.3 Å². The molecule has 0 aliphatic rings. The zero-order valence-electron chi connectivity index (χ0n) is 12.7. The lowest BCUT2D eigenvalue weighted by Gasteiger charge is -2.29. The second kappa shape index (κ2) is 8.62. The molecule has 1 aromatic carbocycles. The summed E-state index contributed by atoms with van der Waals surface area (Å²) in [6, 6.07) is 5.81. The Bertz CT molecular complexity index is 436. The van der Waals surface area contributed by atoms with Crippen LogP contribution in [-0.4, -0.2) is 29.8 Å². The number of aliphatic carboxylic acids is 1. The van der Waals surface area contributed by atoms with Crippen molar-refractivity contribution in [2.75, 3.05) is 13.2 Å². The van der Waals surface area contributed by atoms with Crippen LogP contribution in [0.5, 0.6) is 5.75 Å². The smallest absolute Gasteiger partial charge is 0.323 e. The number of benzene rings is 1. The quantitative estimate of drug-likeness (QED) is 0.651. The first kappa shape index (κ1) is 17.4. The summed E-state index contributed by atoms with van der Waals surface area (Å²) >= 11 is 0. The van der Waals surface area contributed by atoms with Gasteiger partial charge in [-0.3, -0.25) is 4.79 Å². The van der Waals surface area contributed by atoms with Gasteiger partial charge in [0.05, 0.1) is 6.61 Å². The summed E-state index contributed by atoms with van der Waals surface area (Å²) in [4.78, 5) is 11.5. The van der Waals surface area contributed by atoms with E-state index in [2.05, 4.69) is 5.32 Å². The van der Waals surface area contributed by atoms with Crippen LogP contribution >= 0.6 is 0 Å². The fraction of sp³-hybridized carbons (Fsp3) is 0.562. The zero-order chi connectivity index (χ0) is 15.7. The lowest BCUT2D eigenvalue weighted by molar-refractivity contribution is -0.145. The van der Waals surface area contributed by atoms with Gasteiger partial charge in [-0.1, -0.05) is 13.8 Å². The van der Waals surface area contributed by atoms with Gasteiger partial charge >= 0.3 is 5.97 Å². The first-order valence-electron chi connectivity index (χ1n) is 7.41. The van der Waals surface area contributed by atoms with Crippen molar-refractivity contribution in [3.05, 3.63) is 30.1 Å². The van der Waals surface area contributed by atoms with Crippen molar-refractivity contribution in [2.24, 2.45) is 0 Å². The summed E-state index contributed by atoms with van der Waals surface area (Å²) in [6.07, 6.45) is 2.54. The molecule has 0 saturated heterocycles. The summed E-state index contributed by atoms with van der Waals surface area (Å²) in [6.45, 7) is 4.97. The number of hydrogen-bond acceptors (Lipinski definition) is 3. The fourth-order valence-electron chi connectivity index (χ4n) is 2.18. The molecule has 0 fully saturated rings. The van der Waals surface area contributed by atoms with Crippen LogP contribution in [0.4, 0.5) is 4.39 Å². The van der Waals surface area contributed by atoms with Crippen LogP contribution in [0, 0.1) is 5.82 Å².